The van der Waals surface area contributed by atoms with E-state index < -0.39 is 10.0 Å². The van der Waals surface area contributed by atoms with E-state index in [0.717, 1.165) is 42.8 Å². The Bertz CT molecular complexity index is 1000. The van der Waals surface area contributed by atoms with E-state index in [-0.39, 0.29) is 11.7 Å². The molecule has 142 valence electrons. The molecule has 1 saturated heterocycles. The van der Waals surface area contributed by atoms with Crippen LogP contribution in [-0.2, 0) is 15.8 Å². The number of nitrogens with zero attached hydrogens (tertiary/aromatic N) is 4. The summed E-state index contributed by atoms with van der Waals surface area (Å²) in [7, 11) is -3.35. The van der Waals surface area contributed by atoms with Gasteiger partial charge < -0.3 is 9.88 Å². The number of H-pyrrole nitrogens is 1. The molecule has 0 aliphatic carbocycles. The number of hydrogen-bond donors (Lipinski definition) is 2. The Balaban J connectivity index is 1.39. The van der Waals surface area contributed by atoms with E-state index in [0.29, 0.717) is 12.2 Å². The van der Waals surface area contributed by atoms with Crippen molar-refractivity contribution in [1.82, 2.24) is 24.7 Å². The third kappa shape index (κ3) is 4.25. The average Bonchev–Trinajstić information content (AvgIpc) is 3.16. The molecule has 1 aliphatic heterocycles. The van der Waals surface area contributed by atoms with Gasteiger partial charge in [0.05, 0.1) is 12.1 Å². The highest BCUT2D eigenvalue weighted by Crippen LogP contribution is 2.25. The first kappa shape index (κ1) is 17.9. The van der Waals surface area contributed by atoms with E-state index in [2.05, 4.69) is 29.6 Å². The minimum atomic E-state index is -3.35. The van der Waals surface area contributed by atoms with Crippen LogP contribution in [0.3, 0.4) is 0 Å². The van der Waals surface area contributed by atoms with E-state index in [9.17, 15) is 8.42 Å². The Hall–Kier alpha value is -2.52. The first-order valence-corrected chi connectivity index (χ1v) is 10.7. The van der Waals surface area contributed by atoms with Crippen molar-refractivity contribution >= 4 is 27.0 Å². The second-order valence-electron chi connectivity index (χ2n) is 6.85. The zero-order chi connectivity index (χ0) is 18.7. The van der Waals surface area contributed by atoms with Gasteiger partial charge in [-0.2, -0.15) is 0 Å². The van der Waals surface area contributed by atoms with Gasteiger partial charge in [-0.25, -0.2) is 28.1 Å². The molecule has 0 unspecified atom stereocenters. The van der Waals surface area contributed by atoms with Gasteiger partial charge in [-0.3, -0.25) is 0 Å². The Labute approximate surface area is 158 Å². The van der Waals surface area contributed by atoms with Crippen molar-refractivity contribution in [1.29, 1.82) is 0 Å². The van der Waals surface area contributed by atoms with E-state index in [1.54, 1.807) is 6.33 Å². The van der Waals surface area contributed by atoms with Gasteiger partial charge in [-0.15, -0.1) is 0 Å². The van der Waals surface area contributed by atoms with Crippen LogP contribution in [0.5, 0.6) is 0 Å². The first-order valence-electron chi connectivity index (χ1n) is 9.01. The summed E-state index contributed by atoms with van der Waals surface area (Å²) in [6.45, 7) is 2.07. The molecule has 0 spiro atoms. The predicted molar refractivity (Wildman–Crippen MR) is 104 cm³/mol. The molecule has 8 nitrogen and oxygen atoms in total. The van der Waals surface area contributed by atoms with Crippen LogP contribution in [0.4, 0.5) is 5.82 Å². The van der Waals surface area contributed by atoms with Crippen molar-refractivity contribution in [3.05, 3.63) is 48.5 Å². The lowest BCUT2D eigenvalue weighted by Gasteiger charge is -2.33. The number of nitrogens with one attached hydrogen (secondary N) is 2. The standard InChI is InChI=1S/C18H22N6O2S/c25-27(26,11-14-5-2-1-3-6-14)23-9-15-7-4-8-24(10-15)18-16-17(20-12-19-16)21-13-22-18/h1-3,5-6,12-13,15,23H,4,7-11H2,(H,19,20,21,22)/t15-/m0/s1. The molecule has 9 heteroatoms. The summed E-state index contributed by atoms with van der Waals surface area (Å²) in [6.07, 6.45) is 5.11. The number of piperidine rings is 1. The SMILES string of the molecule is O=S(=O)(Cc1ccccc1)NC[C@@H]1CCCN(c2ncnc3nc[nH]c23)C1. The average molecular weight is 386 g/mol. The van der Waals surface area contributed by atoms with Gasteiger partial charge in [0, 0.05) is 19.6 Å². The zero-order valence-electron chi connectivity index (χ0n) is 14.9. The van der Waals surface area contributed by atoms with Crippen molar-refractivity contribution in [2.24, 2.45) is 5.92 Å². The van der Waals surface area contributed by atoms with Crippen molar-refractivity contribution < 1.29 is 8.42 Å². The number of benzene rings is 1. The smallest absolute Gasteiger partial charge is 0.215 e. The van der Waals surface area contributed by atoms with E-state index >= 15 is 0 Å². The number of hydrogen-bond acceptors (Lipinski definition) is 6. The summed E-state index contributed by atoms with van der Waals surface area (Å²) < 4.78 is 27.5. The van der Waals surface area contributed by atoms with Crippen LogP contribution >= 0.6 is 0 Å². The van der Waals surface area contributed by atoms with Gasteiger partial charge >= 0.3 is 0 Å². The maximum atomic E-state index is 12.4. The third-order valence-electron chi connectivity index (χ3n) is 4.81. The molecular weight excluding hydrogens is 364 g/mol. The van der Waals surface area contributed by atoms with E-state index in [1.807, 2.05) is 30.3 Å². The summed E-state index contributed by atoms with van der Waals surface area (Å²) in [4.78, 5) is 18.0. The largest absolute Gasteiger partial charge is 0.354 e. The second kappa shape index (κ2) is 7.61. The zero-order valence-corrected chi connectivity index (χ0v) is 15.7. The molecule has 1 aliphatic rings. The molecule has 2 aromatic heterocycles. The van der Waals surface area contributed by atoms with Crippen molar-refractivity contribution in [2.45, 2.75) is 18.6 Å². The molecule has 3 aromatic rings. The molecule has 1 atom stereocenters. The molecule has 27 heavy (non-hydrogen) atoms. The summed E-state index contributed by atoms with van der Waals surface area (Å²) in [5.41, 5.74) is 2.26. The molecule has 2 N–H and O–H groups in total. The Morgan fingerprint density at radius 1 is 1.19 bits per heavy atom. The van der Waals surface area contributed by atoms with Crippen molar-refractivity contribution in [3.8, 4) is 0 Å². The van der Waals surface area contributed by atoms with Gasteiger partial charge in [-0.1, -0.05) is 30.3 Å². The first-order chi connectivity index (χ1) is 13.1. The van der Waals surface area contributed by atoms with Crippen LogP contribution in [0.15, 0.2) is 43.0 Å². The molecule has 0 amide bonds. The summed E-state index contributed by atoms with van der Waals surface area (Å²) in [6, 6.07) is 9.23. The molecule has 0 radical (unpaired) electrons. The highest BCUT2D eigenvalue weighted by molar-refractivity contribution is 7.88. The van der Waals surface area contributed by atoms with Gasteiger partial charge in [0.1, 0.15) is 11.8 Å². The minimum Gasteiger partial charge on any atom is -0.354 e. The number of aromatic amines is 1. The van der Waals surface area contributed by atoms with Crippen LogP contribution in [0, 0.1) is 5.92 Å². The van der Waals surface area contributed by atoms with Gasteiger partial charge in [0.15, 0.2) is 11.5 Å². The van der Waals surface area contributed by atoms with Gasteiger partial charge in [-0.05, 0) is 24.3 Å². The minimum absolute atomic E-state index is 0.00491. The normalized spacial score (nSPS) is 18.1. The summed E-state index contributed by atoms with van der Waals surface area (Å²) in [5.74, 6) is 1.07. The van der Waals surface area contributed by atoms with Crippen LogP contribution in [0.1, 0.15) is 18.4 Å². The molecule has 1 fully saturated rings. The van der Waals surface area contributed by atoms with E-state index in [4.69, 9.17) is 0 Å². The number of anilines is 1. The highest BCUT2D eigenvalue weighted by atomic mass is 32.2. The molecule has 0 bridgehead atoms. The van der Waals surface area contributed by atoms with Crippen LogP contribution in [0.2, 0.25) is 0 Å². The Morgan fingerprint density at radius 3 is 2.89 bits per heavy atom. The van der Waals surface area contributed by atoms with Gasteiger partial charge in [0.25, 0.3) is 0 Å². The summed E-state index contributed by atoms with van der Waals surface area (Å²) in [5, 5.41) is 0. The van der Waals surface area contributed by atoms with Crippen LogP contribution in [-0.4, -0.2) is 48.0 Å². The quantitative estimate of drug-likeness (QED) is 0.668. The fraction of sp³-hybridized carbons (Fsp3) is 0.389. The molecule has 3 heterocycles. The number of fused-ring (bicyclic) bond motifs is 1. The topological polar surface area (TPSA) is 104 Å². The van der Waals surface area contributed by atoms with E-state index in [1.165, 1.54) is 6.33 Å². The van der Waals surface area contributed by atoms with Crippen molar-refractivity contribution in [3.63, 3.8) is 0 Å². The Morgan fingerprint density at radius 2 is 2.04 bits per heavy atom. The fourth-order valence-electron chi connectivity index (χ4n) is 3.51. The number of rotatable bonds is 6. The lowest BCUT2D eigenvalue weighted by Crippen LogP contribution is -2.41. The predicted octanol–water partition coefficient (Wildman–Crippen LogP) is 1.69. The van der Waals surface area contributed by atoms with Crippen LogP contribution in [0.25, 0.3) is 11.2 Å². The lowest BCUT2D eigenvalue weighted by molar-refractivity contribution is 0.409. The lowest BCUT2D eigenvalue weighted by atomic mass is 9.98. The maximum absolute atomic E-state index is 12.4. The molecule has 0 saturated carbocycles. The summed E-state index contributed by atoms with van der Waals surface area (Å²) >= 11 is 0. The number of sulfonamides is 1. The monoisotopic (exact) mass is 386 g/mol. The highest BCUT2D eigenvalue weighted by Gasteiger charge is 2.24. The van der Waals surface area contributed by atoms with Crippen LogP contribution < -0.4 is 9.62 Å². The molecule has 4 rings (SSSR count). The van der Waals surface area contributed by atoms with Gasteiger partial charge in [0.2, 0.25) is 10.0 Å². The maximum Gasteiger partial charge on any atom is 0.215 e. The second-order valence-corrected chi connectivity index (χ2v) is 8.65. The third-order valence-corrected chi connectivity index (χ3v) is 6.13. The number of imidazole rings is 1. The molecule has 1 aromatic carbocycles. The molecular formula is C18H22N6O2S. The number of aromatic nitrogens is 4. The fourth-order valence-corrected chi connectivity index (χ4v) is 4.73. The Kier molecular flexibility index (Phi) is 5.04. The van der Waals surface area contributed by atoms with Crippen molar-refractivity contribution in [2.75, 3.05) is 24.5 Å².